The van der Waals surface area contributed by atoms with Gasteiger partial charge in [-0.25, -0.2) is 9.97 Å². The van der Waals surface area contributed by atoms with Crippen molar-refractivity contribution in [3.8, 4) is 5.75 Å². The van der Waals surface area contributed by atoms with Crippen LogP contribution in [0.3, 0.4) is 0 Å². The van der Waals surface area contributed by atoms with Gasteiger partial charge in [-0.2, -0.15) is 0 Å². The highest BCUT2D eigenvalue weighted by molar-refractivity contribution is 5.57. The van der Waals surface area contributed by atoms with Gasteiger partial charge in [-0.15, -0.1) is 0 Å². The van der Waals surface area contributed by atoms with Crippen LogP contribution in [0.4, 0.5) is 11.6 Å². The molecule has 0 aliphatic rings. The van der Waals surface area contributed by atoms with E-state index in [1.54, 1.807) is 13.4 Å². The molecule has 0 spiro atoms. The van der Waals surface area contributed by atoms with Crippen LogP contribution in [0.2, 0.25) is 0 Å². The molecule has 1 aromatic carbocycles. The summed E-state index contributed by atoms with van der Waals surface area (Å²) in [7, 11) is 5.56. The zero-order chi connectivity index (χ0) is 14.5. The number of aromatic nitrogens is 2. The standard InChI is InChI=1S/C15H20N4O/c1-11-14(16-2)17-10-18-15(11)19(3)9-12-6-5-7-13(8-12)20-4/h5-8,10H,9H2,1-4H3,(H,16,17,18). The second kappa shape index (κ2) is 6.23. The zero-order valence-electron chi connectivity index (χ0n) is 12.3. The Balaban J connectivity index is 2.21. The number of nitrogens with zero attached hydrogens (tertiary/aromatic N) is 3. The third-order valence-electron chi connectivity index (χ3n) is 3.21. The number of nitrogens with one attached hydrogen (secondary N) is 1. The van der Waals surface area contributed by atoms with Gasteiger partial charge in [-0.3, -0.25) is 0 Å². The fourth-order valence-corrected chi connectivity index (χ4v) is 2.20. The molecule has 20 heavy (non-hydrogen) atoms. The van der Waals surface area contributed by atoms with Gasteiger partial charge in [0.25, 0.3) is 0 Å². The Labute approximate surface area is 119 Å². The van der Waals surface area contributed by atoms with Crippen molar-refractivity contribution in [1.82, 2.24) is 9.97 Å². The second-order valence-electron chi connectivity index (χ2n) is 4.63. The van der Waals surface area contributed by atoms with E-state index in [0.717, 1.165) is 29.5 Å². The largest absolute Gasteiger partial charge is 0.497 e. The van der Waals surface area contributed by atoms with E-state index in [4.69, 9.17) is 4.74 Å². The van der Waals surface area contributed by atoms with Gasteiger partial charge in [0.1, 0.15) is 23.7 Å². The Kier molecular flexibility index (Phi) is 4.40. The molecule has 5 heteroatoms. The fraction of sp³-hybridized carbons (Fsp3) is 0.333. The molecule has 1 N–H and O–H groups in total. The lowest BCUT2D eigenvalue weighted by molar-refractivity contribution is 0.414. The number of hydrogen-bond acceptors (Lipinski definition) is 5. The van der Waals surface area contributed by atoms with Crippen LogP contribution in [-0.2, 0) is 6.54 Å². The molecule has 0 bridgehead atoms. The maximum atomic E-state index is 5.25. The van der Waals surface area contributed by atoms with Gasteiger partial charge >= 0.3 is 0 Å². The van der Waals surface area contributed by atoms with E-state index in [0.29, 0.717) is 0 Å². The number of methoxy groups -OCH3 is 1. The summed E-state index contributed by atoms with van der Waals surface area (Å²) >= 11 is 0. The van der Waals surface area contributed by atoms with Crippen LogP contribution < -0.4 is 15.0 Å². The van der Waals surface area contributed by atoms with Gasteiger partial charge < -0.3 is 15.0 Å². The summed E-state index contributed by atoms with van der Waals surface area (Å²) in [6, 6.07) is 8.05. The number of rotatable bonds is 5. The van der Waals surface area contributed by atoms with E-state index in [1.165, 1.54) is 5.56 Å². The predicted octanol–water partition coefficient (Wildman–Crippen LogP) is 2.47. The van der Waals surface area contributed by atoms with Crippen molar-refractivity contribution < 1.29 is 4.74 Å². The molecule has 1 aromatic heterocycles. The van der Waals surface area contributed by atoms with Crippen molar-refractivity contribution >= 4 is 11.6 Å². The lowest BCUT2D eigenvalue weighted by Gasteiger charge is -2.21. The molecule has 0 fully saturated rings. The molecular formula is C15H20N4O. The van der Waals surface area contributed by atoms with E-state index in [9.17, 15) is 0 Å². The highest BCUT2D eigenvalue weighted by atomic mass is 16.5. The van der Waals surface area contributed by atoms with Crippen LogP contribution in [0.1, 0.15) is 11.1 Å². The predicted molar refractivity (Wildman–Crippen MR) is 81.4 cm³/mol. The van der Waals surface area contributed by atoms with Gasteiger partial charge in [0, 0.05) is 26.2 Å². The molecule has 0 aliphatic carbocycles. The first-order valence-electron chi connectivity index (χ1n) is 6.49. The molecule has 5 nitrogen and oxygen atoms in total. The zero-order valence-corrected chi connectivity index (χ0v) is 12.3. The normalized spacial score (nSPS) is 10.2. The van der Waals surface area contributed by atoms with Crippen LogP contribution in [0.15, 0.2) is 30.6 Å². The number of benzene rings is 1. The molecule has 0 amide bonds. The maximum Gasteiger partial charge on any atom is 0.137 e. The van der Waals surface area contributed by atoms with Gasteiger partial charge in [0.15, 0.2) is 0 Å². The second-order valence-corrected chi connectivity index (χ2v) is 4.63. The summed E-state index contributed by atoms with van der Waals surface area (Å²) < 4.78 is 5.25. The topological polar surface area (TPSA) is 50.3 Å². The number of anilines is 2. The number of hydrogen-bond donors (Lipinski definition) is 1. The SMILES string of the molecule is CNc1ncnc(N(C)Cc2cccc(OC)c2)c1C. The molecular weight excluding hydrogens is 252 g/mol. The van der Waals surface area contributed by atoms with Gasteiger partial charge in [-0.1, -0.05) is 12.1 Å². The van der Waals surface area contributed by atoms with Gasteiger partial charge in [-0.05, 0) is 24.6 Å². The average molecular weight is 272 g/mol. The first-order chi connectivity index (χ1) is 9.65. The molecule has 0 aliphatic heterocycles. The maximum absolute atomic E-state index is 5.25. The van der Waals surface area contributed by atoms with Crippen molar-refractivity contribution in [3.05, 3.63) is 41.7 Å². The summed E-state index contributed by atoms with van der Waals surface area (Å²) in [4.78, 5) is 10.7. The molecule has 0 atom stereocenters. The van der Waals surface area contributed by atoms with Crippen LogP contribution in [0, 0.1) is 6.92 Å². The molecule has 2 aromatic rings. The van der Waals surface area contributed by atoms with Crippen LogP contribution >= 0.6 is 0 Å². The number of ether oxygens (including phenoxy) is 1. The quantitative estimate of drug-likeness (QED) is 0.906. The van der Waals surface area contributed by atoms with Crippen LogP contribution in [-0.4, -0.2) is 31.2 Å². The summed E-state index contributed by atoms with van der Waals surface area (Å²) in [6.45, 7) is 2.78. The van der Waals surface area contributed by atoms with Crippen LogP contribution in [0.25, 0.3) is 0 Å². The van der Waals surface area contributed by atoms with Gasteiger partial charge in [0.2, 0.25) is 0 Å². The van der Waals surface area contributed by atoms with Crippen molar-refractivity contribution in [2.24, 2.45) is 0 Å². The van der Waals surface area contributed by atoms with E-state index in [-0.39, 0.29) is 0 Å². The smallest absolute Gasteiger partial charge is 0.137 e. The summed E-state index contributed by atoms with van der Waals surface area (Å²) in [5, 5.41) is 3.07. The fourth-order valence-electron chi connectivity index (χ4n) is 2.20. The average Bonchev–Trinajstić information content (AvgIpc) is 2.47. The highest BCUT2D eigenvalue weighted by Gasteiger charge is 2.10. The van der Waals surface area contributed by atoms with Crippen molar-refractivity contribution in [1.29, 1.82) is 0 Å². The Bertz CT molecular complexity index is 586. The molecule has 0 saturated carbocycles. The third-order valence-corrected chi connectivity index (χ3v) is 3.21. The molecule has 0 saturated heterocycles. The molecule has 0 unspecified atom stereocenters. The van der Waals surface area contributed by atoms with E-state index in [2.05, 4.69) is 26.3 Å². The third kappa shape index (κ3) is 2.99. The first-order valence-corrected chi connectivity index (χ1v) is 6.49. The summed E-state index contributed by atoms with van der Waals surface area (Å²) in [5.41, 5.74) is 2.22. The van der Waals surface area contributed by atoms with Crippen LogP contribution in [0.5, 0.6) is 5.75 Å². The lowest BCUT2D eigenvalue weighted by Crippen LogP contribution is -2.19. The first kappa shape index (κ1) is 14.1. The Morgan fingerprint density at radius 3 is 2.80 bits per heavy atom. The Hall–Kier alpha value is -2.30. The molecule has 2 rings (SSSR count). The molecule has 1 heterocycles. The Morgan fingerprint density at radius 1 is 1.30 bits per heavy atom. The minimum atomic E-state index is 0.762. The van der Waals surface area contributed by atoms with E-state index in [1.807, 2.05) is 39.2 Å². The van der Waals surface area contributed by atoms with Gasteiger partial charge in [0.05, 0.1) is 7.11 Å². The molecule has 106 valence electrons. The Morgan fingerprint density at radius 2 is 2.10 bits per heavy atom. The van der Waals surface area contributed by atoms with Crippen molar-refractivity contribution in [2.75, 3.05) is 31.4 Å². The van der Waals surface area contributed by atoms with Crippen molar-refractivity contribution in [3.63, 3.8) is 0 Å². The highest BCUT2D eigenvalue weighted by Crippen LogP contribution is 2.23. The molecule has 0 radical (unpaired) electrons. The lowest BCUT2D eigenvalue weighted by atomic mass is 10.2. The summed E-state index contributed by atoms with van der Waals surface area (Å²) in [5.74, 6) is 2.64. The monoisotopic (exact) mass is 272 g/mol. The van der Waals surface area contributed by atoms with E-state index < -0.39 is 0 Å². The minimum absolute atomic E-state index is 0.762. The van der Waals surface area contributed by atoms with Crippen molar-refractivity contribution in [2.45, 2.75) is 13.5 Å². The van der Waals surface area contributed by atoms with E-state index >= 15 is 0 Å². The minimum Gasteiger partial charge on any atom is -0.497 e. The summed E-state index contributed by atoms with van der Waals surface area (Å²) in [6.07, 6.45) is 1.58.